The van der Waals surface area contributed by atoms with Crippen molar-refractivity contribution in [2.45, 2.75) is 119 Å². The van der Waals surface area contributed by atoms with Gasteiger partial charge in [-0.2, -0.15) is 0 Å². The fourth-order valence-corrected chi connectivity index (χ4v) is 13.9. The van der Waals surface area contributed by atoms with Crippen molar-refractivity contribution >= 4 is 44.6 Å². The number of rotatable bonds is 40. The van der Waals surface area contributed by atoms with Gasteiger partial charge in [-0.1, -0.05) is 0 Å². The normalized spacial score (nSPS) is 12.4. The zero-order chi connectivity index (χ0) is 44.3. The Labute approximate surface area is 358 Å². The van der Waals surface area contributed by atoms with Gasteiger partial charge in [0.05, 0.1) is 12.0 Å². The van der Waals surface area contributed by atoms with Gasteiger partial charge in [-0.25, -0.2) is 9.59 Å². The van der Waals surface area contributed by atoms with Gasteiger partial charge in [0.15, 0.2) is 0 Å². The number of amides is 2. The topological polar surface area (TPSA) is 195 Å². The molecule has 0 fully saturated rings. The molecule has 2 N–H and O–H groups in total. The molecular weight excluding hydrogens is 825 g/mol. The lowest BCUT2D eigenvalue weighted by atomic mass is 9.92. The van der Waals surface area contributed by atoms with Crippen LogP contribution < -0.4 is 10.6 Å². The van der Waals surface area contributed by atoms with Crippen molar-refractivity contribution in [1.82, 2.24) is 10.6 Å². The fraction of sp³-hybridized carbons (Fsp3) is 0.921. The molecule has 350 valence electrons. The molecule has 21 heteroatoms. The standard InChI is InChI=1S/C38H80N2O16Si3/c1-11-44-31-38(32-45-35(41)25-21-22-28-57(48-12-2,49-13-3)50-14-4,33-46-36(42)39-26-23-29-58(51-15-5,52-16-6)53-17-7)34-47-37(43)40-27-24-30-59(54-18-8,55-19-9)56-20-10/h11-34H2,1-10H3,(H,39,42)(H,40,43). The van der Waals surface area contributed by atoms with Crippen molar-refractivity contribution in [3.05, 3.63) is 0 Å². The minimum Gasteiger partial charge on any atom is -0.465 e. The van der Waals surface area contributed by atoms with Crippen LogP contribution in [0.15, 0.2) is 0 Å². The molecule has 0 saturated carbocycles. The first-order valence-corrected chi connectivity index (χ1v) is 27.5. The Balaban J connectivity index is 5.76. The van der Waals surface area contributed by atoms with E-state index in [1.54, 1.807) is 6.92 Å². The van der Waals surface area contributed by atoms with Gasteiger partial charge >= 0.3 is 44.6 Å². The molecule has 2 amide bonds. The van der Waals surface area contributed by atoms with E-state index in [9.17, 15) is 14.4 Å². The van der Waals surface area contributed by atoms with Crippen LogP contribution in [0.25, 0.3) is 0 Å². The molecule has 0 aliphatic rings. The highest BCUT2D eigenvalue weighted by atomic mass is 28.4. The first-order valence-electron chi connectivity index (χ1n) is 21.7. The Kier molecular flexibility index (Phi) is 33.8. The minimum absolute atomic E-state index is 0.0289. The summed E-state index contributed by atoms with van der Waals surface area (Å²) in [6.07, 6.45) is 0.914. The van der Waals surface area contributed by atoms with Gasteiger partial charge in [0.25, 0.3) is 0 Å². The summed E-state index contributed by atoms with van der Waals surface area (Å²) < 4.78 is 76.1. The highest BCUT2D eigenvalue weighted by molar-refractivity contribution is 6.61. The average molecular weight is 905 g/mol. The Morgan fingerprint density at radius 2 is 0.729 bits per heavy atom. The van der Waals surface area contributed by atoms with Crippen LogP contribution >= 0.6 is 0 Å². The number of ether oxygens (including phenoxy) is 4. The average Bonchev–Trinajstić information content (AvgIpc) is 3.20. The second kappa shape index (κ2) is 34.8. The molecule has 0 aromatic carbocycles. The molecule has 0 aromatic rings. The monoisotopic (exact) mass is 904 g/mol. The lowest BCUT2D eigenvalue weighted by molar-refractivity contribution is -0.152. The second-order valence-corrected chi connectivity index (χ2v) is 21.4. The summed E-state index contributed by atoms with van der Waals surface area (Å²) in [5, 5.41) is 5.52. The van der Waals surface area contributed by atoms with Gasteiger partial charge in [0, 0.05) is 104 Å². The molecule has 0 aliphatic carbocycles. The number of carbonyl (C=O) groups excluding carboxylic acids is 3. The second-order valence-electron chi connectivity index (χ2n) is 13.2. The van der Waals surface area contributed by atoms with Crippen LogP contribution in [0.1, 0.15) is 101 Å². The Morgan fingerprint density at radius 1 is 0.407 bits per heavy atom. The van der Waals surface area contributed by atoms with Crippen molar-refractivity contribution < 1.29 is 73.2 Å². The predicted octanol–water partition coefficient (Wildman–Crippen LogP) is 6.10. The third-order valence-corrected chi connectivity index (χ3v) is 17.9. The fourth-order valence-electron chi connectivity index (χ4n) is 6.02. The molecule has 0 bridgehead atoms. The number of hydrogen-bond donors (Lipinski definition) is 2. The van der Waals surface area contributed by atoms with E-state index in [1.165, 1.54) is 0 Å². The van der Waals surface area contributed by atoms with E-state index in [4.69, 9.17) is 58.8 Å². The summed E-state index contributed by atoms with van der Waals surface area (Å²) in [5.74, 6) is -0.465. The summed E-state index contributed by atoms with van der Waals surface area (Å²) in [7, 11) is -8.62. The summed E-state index contributed by atoms with van der Waals surface area (Å²) in [6, 6.07) is 1.58. The van der Waals surface area contributed by atoms with Gasteiger partial charge in [0.1, 0.15) is 19.8 Å². The van der Waals surface area contributed by atoms with Crippen molar-refractivity contribution in [1.29, 1.82) is 0 Å². The number of unbranched alkanes of at least 4 members (excludes halogenated alkanes) is 1. The molecule has 0 rings (SSSR count). The van der Waals surface area contributed by atoms with E-state index in [0.717, 1.165) is 0 Å². The Morgan fingerprint density at radius 3 is 1.05 bits per heavy atom. The van der Waals surface area contributed by atoms with E-state index in [1.807, 2.05) is 62.3 Å². The van der Waals surface area contributed by atoms with Crippen LogP contribution in [0.5, 0.6) is 0 Å². The van der Waals surface area contributed by atoms with E-state index < -0.39 is 50.0 Å². The molecule has 0 atom stereocenters. The van der Waals surface area contributed by atoms with Gasteiger partial charge < -0.3 is 69.4 Å². The summed E-state index contributed by atoms with van der Waals surface area (Å²) >= 11 is 0. The van der Waals surface area contributed by atoms with Gasteiger partial charge in [0.2, 0.25) is 0 Å². The van der Waals surface area contributed by atoms with Gasteiger partial charge in [-0.15, -0.1) is 0 Å². The van der Waals surface area contributed by atoms with Crippen molar-refractivity contribution in [3.63, 3.8) is 0 Å². The van der Waals surface area contributed by atoms with Crippen LogP contribution in [-0.2, 0) is 63.6 Å². The summed E-state index contributed by atoms with van der Waals surface area (Å²) in [4.78, 5) is 39.1. The molecule has 0 saturated heterocycles. The summed E-state index contributed by atoms with van der Waals surface area (Å²) in [5.41, 5.74) is -1.22. The lowest BCUT2D eigenvalue weighted by Gasteiger charge is -2.32. The highest BCUT2D eigenvalue weighted by Gasteiger charge is 2.42. The lowest BCUT2D eigenvalue weighted by Crippen LogP contribution is -2.47. The predicted molar refractivity (Wildman–Crippen MR) is 228 cm³/mol. The number of carbonyl (C=O) groups is 3. The van der Waals surface area contributed by atoms with E-state index in [2.05, 4.69) is 10.6 Å². The SMILES string of the molecule is CCOCC(COC(=O)CCCC[Si](OCC)(OCC)OCC)(COC(=O)NCCC[Si](OCC)(OCC)OCC)COC(=O)NCCC[Si](OCC)(OCC)OCC. The first-order chi connectivity index (χ1) is 28.4. The molecule has 59 heavy (non-hydrogen) atoms. The number of hydrogen-bond acceptors (Lipinski definition) is 16. The molecule has 18 nitrogen and oxygen atoms in total. The van der Waals surface area contributed by atoms with Crippen molar-refractivity contribution in [3.8, 4) is 0 Å². The number of esters is 1. The molecule has 0 radical (unpaired) electrons. The summed E-state index contributed by atoms with van der Waals surface area (Å²) in [6.45, 7) is 22.9. The van der Waals surface area contributed by atoms with Crippen molar-refractivity contribution in [2.75, 3.05) is 106 Å². The molecule has 0 heterocycles. The van der Waals surface area contributed by atoms with Crippen LogP contribution in [0.4, 0.5) is 9.59 Å². The molecule has 0 unspecified atom stereocenters. The third-order valence-electron chi connectivity index (χ3n) is 8.42. The maximum atomic E-state index is 13.1. The molecule has 0 aliphatic heterocycles. The Hall–Kier alpha value is -1.74. The van der Waals surface area contributed by atoms with Crippen LogP contribution in [0.3, 0.4) is 0 Å². The number of alkyl carbamates (subject to hydrolysis) is 2. The van der Waals surface area contributed by atoms with E-state index >= 15 is 0 Å². The first kappa shape index (κ1) is 57.3. The van der Waals surface area contributed by atoms with Crippen LogP contribution in [0.2, 0.25) is 18.1 Å². The van der Waals surface area contributed by atoms with Crippen LogP contribution in [-0.4, -0.2) is 150 Å². The largest absolute Gasteiger partial charge is 0.500 e. The quantitative estimate of drug-likeness (QED) is 0.0310. The van der Waals surface area contributed by atoms with Crippen molar-refractivity contribution in [2.24, 2.45) is 5.41 Å². The minimum atomic E-state index is -2.89. The van der Waals surface area contributed by atoms with Crippen LogP contribution in [0, 0.1) is 5.41 Å². The smallest absolute Gasteiger partial charge is 0.465 e. The van der Waals surface area contributed by atoms with E-state index in [-0.39, 0.29) is 45.9 Å². The van der Waals surface area contributed by atoms with E-state index in [0.29, 0.717) is 110 Å². The Bertz CT molecular complexity index is 911. The van der Waals surface area contributed by atoms with Gasteiger partial charge in [-0.3, -0.25) is 4.79 Å². The third kappa shape index (κ3) is 25.1. The highest BCUT2D eigenvalue weighted by Crippen LogP contribution is 2.24. The zero-order valence-corrected chi connectivity index (χ0v) is 41.0. The maximum absolute atomic E-state index is 13.1. The molecule has 0 aromatic heterocycles. The maximum Gasteiger partial charge on any atom is 0.500 e. The molecule has 0 spiro atoms. The molecular formula is C38H80N2O16Si3. The zero-order valence-electron chi connectivity index (χ0n) is 38.0. The van der Waals surface area contributed by atoms with Gasteiger partial charge in [-0.05, 0) is 94.9 Å². The number of nitrogens with one attached hydrogen (secondary N) is 2.